The molecule has 6 nitrogen and oxygen atoms in total. The molecule has 0 aromatic carbocycles. The third kappa shape index (κ3) is 1.64. The Hall–Kier alpha value is -2.63. The molecule has 0 fully saturated rings. The predicted molar refractivity (Wildman–Crippen MR) is 65.3 cm³/mol. The highest BCUT2D eigenvalue weighted by molar-refractivity contribution is 5.77. The molecule has 0 atom stereocenters. The summed E-state index contributed by atoms with van der Waals surface area (Å²) in [5.41, 5.74) is 1.91. The van der Waals surface area contributed by atoms with Crippen LogP contribution in [-0.4, -0.2) is 32.2 Å². The van der Waals surface area contributed by atoms with E-state index in [0.29, 0.717) is 22.9 Å². The molecule has 0 bridgehead atoms. The summed E-state index contributed by atoms with van der Waals surface area (Å²) in [5.74, 6) is 1.12. The Morgan fingerprint density at radius 2 is 2.11 bits per heavy atom. The lowest BCUT2D eigenvalue weighted by atomic mass is 10.2. The second-order valence-corrected chi connectivity index (χ2v) is 3.70. The summed E-state index contributed by atoms with van der Waals surface area (Å²) in [6.07, 6.45) is 2.97. The molecule has 90 valence electrons. The van der Waals surface area contributed by atoms with Gasteiger partial charge in [-0.3, -0.25) is 4.98 Å². The molecular weight excluding hydrogens is 232 g/mol. The number of H-pyrrole nitrogens is 1. The van der Waals surface area contributed by atoms with E-state index in [1.54, 1.807) is 25.4 Å². The van der Waals surface area contributed by atoms with Crippen molar-refractivity contribution in [3.05, 3.63) is 30.6 Å². The van der Waals surface area contributed by atoms with Gasteiger partial charge < -0.3 is 14.8 Å². The van der Waals surface area contributed by atoms with E-state index in [1.165, 1.54) is 6.20 Å². The van der Waals surface area contributed by atoms with Crippen molar-refractivity contribution in [3.63, 3.8) is 0 Å². The summed E-state index contributed by atoms with van der Waals surface area (Å²) in [4.78, 5) is 15.4. The zero-order valence-electron chi connectivity index (χ0n) is 9.58. The van der Waals surface area contributed by atoms with Gasteiger partial charge in [-0.1, -0.05) is 0 Å². The molecule has 3 rings (SSSR count). The monoisotopic (exact) mass is 242 g/mol. The van der Waals surface area contributed by atoms with Crippen LogP contribution in [0.4, 0.5) is 0 Å². The maximum Gasteiger partial charge on any atom is 0.215 e. The maximum absolute atomic E-state index is 9.72. The number of pyridine rings is 2. The number of aromatic nitrogens is 4. The average molecular weight is 242 g/mol. The first-order valence-corrected chi connectivity index (χ1v) is 5.32. The molecule has 3 aromatic heterocycles. The number of aromatic amines is 1. The smallest absolute Gasteiger partial charge is 0.215 e. The maximum atomic E-state index is 9.72. The molecular formula is C12H10N4O2. The Balaban J connectivity index is 2.17. The molecule has 0 amide bonds. The molecule has 18 heavy (non-hydrogen) atoms. The molecule has 0 aliphatic rings. The van der Waals surface area contributed by atoms with Gasteiger partial charge >= 0.3 is 0 Å². The van der Waals surface area contributed by atoms with Gasteiger partial charge in [0.1, 0.15) is 11.6 Å². The molecule has 0 aliphatic carbocycles. The van der Waals surface area contributed by atoms with E-state index in [4.69, 9.17) is 4.74 Å². The van der Waals surface area contributed by atoms with Crippen LogP contribution in [0.3, 0.4) is 0 Å². The number of imidazole rings is 1. The van der Waals surface area contributed by atoms with Crippen LogP contribution in [0.5, 0.6) is 11.6 Å². The van der Waals surface area contributed by atoms with E-state index in [-0.39, 0.29) is 5.75 Å². The summed E-state index contributed by atoms with van der Waals surface area (Å²) in [6, 6.07) is 5.26. The lowest BCUT2D eigenvalue weighted by Gasteiger charge is -1.97. The van der Waals surface area contributed by atoms with Crippen molar-refractivity contribution in [2.45, 2.75) is 0 Å². The third-order valence-corrected chi connectivity index (χ3v) is 2.58. The number of hydrogen-bond donors (Lipinski definition) is 2. The molecule has 6 heteroatoms. The van der Waals surface area contributed by atoms with Crippen molar-refractivity contribution >= 4 is 11.2 Å². The van der Waals surface area contributed by atoms with Crippen LogP contribution in [0, 0.1) is 0 Å². The topological polar surface area (TPSA) is 83.9 Å². The van der Waals surface area contributed by atoms with Gasteiger partial charge in [0.05, 0.1) is 24.4 Å². The minimum absolute atomic E-state index is 0.0727. The normalized spacial score (nSPS) is 10.7. The van der Waals surface area contributed by atoms with Crippen molar-refractivity contribution in [2.24, 2.45) is 0 Å². The molecule has 0 aliphatic heterocycles. The number of aromatic hydroxyl groups is 1. The van der Waals surface area contributed by atoms with E-state index in [2.05, 4.69) is 19.9 Å². The summed E-state index contributed by atoms with van der Waals surface area (Å²) in [6.45, 7) is 0. The summed E-state index contributed by atoms with van der Waals surface area (Å²) < 4.78 is 5.04. The fraction of sp³-hybridized carbons (Fsp3) is 0.0833. The number of methoxy groups -OCH3 is 1. The van der Waals surface area contributed by atoms with Crippen molar-refractivity contribution in [1.29, 1.82) is 0 Å². The minimum atomic E-state index is 0.0727. The van der Waals surface area contributed by atoms with Gasteiger partial charge in [0.2, 0.25) is 5.88 Å². The Morgan fingerprint density at radius 3 is 2.89 bits per heavy atom. The summed E-state index contributed by atoms with van der Waals surface area (Å²) in [5, 5.41) is 9.72. The number of fused-ring (bicyclic) bond motifs is 1. The van der Waals surface area contributed by atoms with Crippen LogP contribution in [0.2, 0.25) is 0 Å². The number of nitrogens with zero attached hydrogens (tertiary/aromatic N) is 3. The van der Waals surface area contributed by atoms with Crippen molar-refractivity contribution < 1.29 is 9.84 Å². The van der Waals surface area contributed by atoms with Crippen LogP contribution in [0.15, 0.2) is 30.6 Å². The highest BCUT2D eigenvalue weighted by Gasteiger charge is 2.10. The molecule has 3 heterocycles. The second kappa shape index (κ2) is 3.99. The predicted octanol–water partition coefficient (Wildman–Crippen LogP) is 1.73. The molecule has 0 radical (unpaired) electrons. The number of ether oxygens (including phenoxy) is 1. The van der Waals surface area contributed by atoms with E-state index in [0.717, 1.165) is 5.52 Å². The standard InChI is InChI=1S/C12H10N4O2/c1-18-10-3-2-8-12(15-10)16-11(14-8)7-4-5-13-6-9(7)17/h2-6,17H,1H3,(H,14,15,16). The first-order chi connectivity index (χ1) is 8.78. The van der Waals surface area contributed by atoms with Crippen LogP contribution in [0.1, 0.15) is 0 Å². The zero-order chi connectivity index (χ0) is 12.5. The van der Waals surface area contributed by atoms with Gasteiger partial charge in [0, 0.05) is 12.3 Å². The van der Waals surface area contributed by atoms with Gasteiger partial charge in [-0.25, -0.2) is 4.98 Å². The molecule has 0 saturated carbocycles. The quantitative estimate of drug-likeness (QED) is 0.715. The molecule has 2 N–H and O–H groups in total. The first-order valence-electron chi connectivity index (χ1n) is 5.32. The van der Waals surface area contributed by atoms with Gasteiger partial charge in [-0.15, -0.1) is 0 Å². The lowest BCUT2D eigenvalue weighted by molar-refractivity contribution is 0.399. The minimum Gasteiger partial charge on any atom is -0.506 e. The molecule has 0 saturated heterocycles. The summed E-state index contributed by atoms with van der Waals surface area (Å²) in [7, 11) is 1.55. The Kier molecular flexibility index (Phi) is 2.33. The van der Waals surface area contributed by atoms with Crippen molar-refractivity contribution in [2.75, 3.05) is 7.11 Å². The Labute approximate surface area is 102 Å². The fourth-order valence-electron chi connectivity index (χ4n) is 1.70. The lowest BCUT2D eigenvalue weighted by Crippen LogP contribution is -1.86. The van der Waals surface area contributed by atoms with E-state index >= 15 is 0 Å². The SMILES string of the molecule is COc1ccc2[nH]c(-c3ccncc3O)nc2n1. The summed E-state index contributed by atoms with van der Waals surface area (Å²) >= 11 is 0. The highest BCUT2D eigenvalue weighted by Crippen LogP contribution is 2.27. The second-order valence-electron chi connectivity index (χ2n) is 3.70. The highest BCUT2D eigenvalue weighted by atomic mass is 16.5. The zero-order valence-corrected chi connectivity index (χ0v) is 9.58. The largest absolute Gasteiger partial charge is 0.506 e. The van der Waals surface area contributed by atoms with Gasteiger partial charge in [-0.05, 0) is 12.1 Å². The van der Waals surface area contributed by atoms with Crippen LogP contribution < -0.4 is 4.74 Å². The molecule has 3 aromatic rings. The van der Waals surface area contributed by atoms with Crippen molar-refractivity contribution in [1.82, 2.24) is 19.9 Å². The van der Waals surface area contributed by atoms with Crippen LogP contribution in [-0.2, 0) is 0 Å². The van der Waals surface area contributed by atoms with E-state index in [9.17, 15) is 5.11 Å². The van der Waals surface area contributed by atoms with Crippen LogP contribution >= 0.6 is 0 Å². The van der Waals surface area contributed by atoms with Crippen LogP contribution in [0.25, 0.3) is 22.6 Å². The van der Waals surface area contributed by atoms with Crippen molar-refractivity contribution in [3.8, 4) is 23.0 Å². The van der Waals surface area contributed by atoms with Gasteiger partial charge in [0.15, 0.2) is 5.65 Å². The third-order valence-electron chi connectivity index (χ3n) is 2.58. The van der Waals surface area contributed by atoms with E-state index in [1.807, 2.05) is 6.07 Å². The average Bonchev–Trinajstić information content (AvgIpc) is 2.81. The fourth-order valence-corrected chi connectivity index (χ4v) is 1.70. The molecule has 0 unspecified atom stereocenters. The van der Waals surface area contributed by atoms with Gasteiger partial charge in [-0.2, -0.15) is 4.98 Å². The number of rotatable bonds is 2. The van der Waals surface area contributed by atoms with Gasteiger partial charge in [0.25, 0.3) is 0 Å². The first kappa shape index (κ1) is 10.5. The molecule has 0 spiro atoms. The number of hydrogen-bond acceptors (Lipinski definition) is 5. The Bertz CT molecular complexity index is 708. The Morgan fingerprint density at radius 1 is 1.22 bits per heavy atom. The van der Waals surface area contributed by atoms with E-state index < -0.39 is 0 Å². The number of nitrogens with one attached hydrogen (secondary N) is 1.